The maximum absolute atomic E-state index is 10.7. The van der Waals surface area contributed by atoms with Gasteiger partial charge in [0.05, 0.1) is 24.0 Å². The minimum atomic E-state index is -1.29. The summed E-state index contributed by atoms with van der Waals surface area (Å²) in [6.45, 7) is 0.148. The molecule has 0 aliphatic carbocycles. The third-order valence-electron chi connectivity index (χ3n) is 1.73. The van der Waals surface area contributed by atoms with Crippen LogP contribution in [0.2, 0.25) is 0 Å². The molecule has 5 nitrogen and oxygen atoms in total. The zero-order chi connectivity index (χ0) is 10.6. The molecule has 76 valence electrons. The van der Waals surface area contributed by atoms with Crippen molar-refractivity contribution < 1.29 is 15.0 Å². The number of benzene rings is 1. The van der Waals surface area contributed by atoms with Crippen LogP contribution in [0, 0.1) is 0 Å². The van der Waals surface area contributed by atoms with E-state index in [0.717, 1.165) is 0 Å². The average Bonchev–Trinajstić information content (AvgIpc) is 2.15. The van der Waals surface area contributed by atoms with E-state index in [4.69, 9.17) is 10.8 Å². The molecule has 0 fully saturated rings. The number of rotatable bonds is 4. The summed E-state index contributed by atoms with van der Waals surface area (Å²) in [5.41, 5.74) is 6.18. The monoisotopic (exact) mass is 195 g/mol. The molecule has 1 rings (SSSR count). The molecule has 0 saturated heterocycles. The fourth-order valence-electron chi connectivity index (χ4n) is 1.12. The Morgan fingerprint density at radius 2 is 2.29 bits per heavy atom. The molecular weight excluding hydrogens is 184 g/mol. The predicted molar refractivity (Wildman–Crippen MR) is 50.8 cm³/mol. The minimum absolute atomic E-state index is 0.00144. The quantitative estimate of drug-likeness (QED) is 0.537. The van der Waals surface area contributed by atoms with Crippen LogP contribution >= 0.6 is 0 Å². The van der Waals surface area contributed by atoms with Gasteiger partial charge in [0.25, 0.3) is 0 Å². The molecule has 0 radical (unpaired) electrons. The topological polar surface area (TPSA) is 98.4 Å². The van der Waals surface area contributed by atoms with Gasteiger partial charge < -0.3 is 26.1 Å². The Hall–Kier alpha value is -1.75. The summed E-state index contributed by atoms with van der Waals surface area (Å²) in [5.74, 6) is -1.29. The van der Waals surface area contributed by atoms with Crippen LogP contribution < -0.4 is 16.2 Å². The molecule has 1 aromatic carbocycles. The van der Waals surface area contributed by atoms with E-state index in [1.54, 1.807) is 6.07 Å². The number of para-hydroxylation sites is 1. The van der Waals surface area contributed by atoms with Crippen molar-refractivity contribution in [3.05, 3.63) is 23.8 Å². The lowest BCUT2D eigenvalue weighted by Gasteiger charge is -2.14. The van der Waals surface area contributed by atoms with E-state index in [0.29, 0.717) is 11.4 Å². The van der Waals surface area contributed by atoms with Gasteiger partial charge >= 0.3 is 0 Å². The molecule has 0 unspecified atom stereocenters. The Morgan fingerprint density at radius 3 is 2.86 bits per heavy atom. The molecule has 0 atom stereocenters. The van der Waals surface area contributed by atoms with E-state index in [9.17, 15) is 9.90 Å². The van der Waals surface area contributed by atoms with Crippen molar-refractivity contribution >= 4 is 17.3 Å². The van der Waals surface area contributed by atoms with Crippen LogP contribution in [0.3, 0.4) is 0 Å². The molecule has 1 aromatic rings. The number of nitrogens with one attached hydrogen (secondary N) is 1. The van der Waals surface area contributed by atoms with Crippen molar-refractivity contribution in [3.8, 4) is 0 Å². The number of carboxylic acid groups (broad SMARTS) is 1. The van der Waals surface area contributed by atoms with Gasteiger partial charge in [0, 0.05) is 12.1 Å². The second kappa shape index (κ2) is 4.48. The first-order valence-corrected chi connectivity index (χ1v) is 4.11. The Labute approximate surface area is 81.2 Å². The van der Waals surface area contributed by atoms with Crippen molar-refractivity contribution in [2.24, 2.45) is 0 Å². The zero-order valence-corrected chi connectivity index (χ0v) is 7.49. The highest BCUT2D eigenvalue weighted by molar-refractivity contribution is 5.96. The number of carbonyl (C=O) groups excluding carboxylic acids is 1. The van der Waals surface area contributed by atoms with Crippen LogP contribution in [0.5, 0.6) is 0 Å². The highest BCUT2D eigenvalue weighted by Crippen LogP contribution is 2.22. The van der Waals surface area contributed by atoms with Gasteiger partial charge in [-0.05, 0) is 6.07 Å². The largest absolute Gasteiger partial charge is 0.545 e. The van der Waals surface area contributed by atoms with Crippen LogP contribution in [0.1, 0.15) is 10.4 Å². The van der Waals surface area contributed by atoms with Gasteiger partial charge in [-0.1, -0.05) is 12.1 Å². The fraction of sp³-hybridized carbons (Fsp3) is 0.222. The average molecular weight is 195 g/mol. The van der Waals surface area contributed by atoms with E-state index >= 15 is 0 Å². The number of aliphatic hydroxyl groups excluding tert-OH is 1. The van der Waals surface area contributed by atoms with E-state index in [1.807, 2.05) is 0 Å². The first-order chi connectivity index (χ1) is 6.66. The summed E-state index contributed by atoms with van der Waals surface area (Å²) >= 11 is 0. The minimum Gasteiger partial charge on any atom is -0.545 e. The first kappa shape index (κ1) is 10.3. The van der Waals surface area contributed by atoms with Gasteiger partial charge in [-0.3, -0.25) is 0 Å². The number of nitrogens with two attached hydrogens (primary N) is 1. The molecule has 4 N–H and O–H groups in total. The van der Waals surface area contributed by atoms with Crippen molar-refractivity contribution in [1.82, 2.24) is 0 Å². The summed E-state index contributed by atoms with van der Waals surface area (Å²) in [5, 5.41) is 22.0. The molecule has 0 heterocycles. The summed E-state index contributed by atoms with van der Waals surface area (Å²) in [6, 6.07) is 4.50. The van der Waals surface area contributed by atoms with E-state index in [2.05, 4.69) is 5.32 Å². The van der Waals surface area contributed by atoms with Crippen LogP contribution in [0.4, 0.5) is 11.4 Å². The molecule has 0 bridgehead atoms. The number of carboxylic acids is 1. The third-order valence-corrected chi connectivity index (χ3v) is 1.73. The molecule has 0 aliphatic heterocycles. The number of hydrogen-bond acceptors (Lipinski definition) is 5. The second-order valence-corrected chi connectivity index (χ2v) is 2.71. The first-order valence-electron chi connectivity index (χ1n) is 4.11. The van der Waals surface area contributed by atoms with Gasteiger partial charge in [0.2, 0.25) is 0 Å². The van der Waals surface area contributed by atoms with Crippen molar-refractivity contribution in [3.63, 3.8) is 0 Å². The van der Waals surface area contributed by atoms with E-state index < -0.39 is 5.97 Å². The SMILES string of the molecule is Nc1cccc(C(=O)[O-])c1NCCO. The fourth-order valence-corrected chi connectivity index (χ4v) is 1.12. The second-order valence-electron chi connectivity index (χ2n) is 2.71. The third kappa shape index (κ3) is 2.14. The lowest BCUT2D eigenvalue weighted by Crippen LogP contribution is -2.24. The lowest BCUT2D eigenvalue weighted by molar-refractivity contribution is -0.254. The molecule has 0 aliphatic rings. The van der Waals surface area contributed by atoms with Gasteiger partial charge in [-0.2, -0.15) is 0 Å². The van der Waals surface area contributed by atoms with Gasteiger partial charge in [-0.25, -0.2) is 0 Å². The predicted octanol–water partition coefficient (Wildman–Crippen LogP) is -0.964. The molecular formula is C9H11N2O3-. The number of hydrogen-bond donors (Lipinski definition) is 3. The van der Waals surface area contributed by atoms with Gasteiger partial charge in [-0.15, -0.1) is 0 Å². The Balaban J connectivity index is 3.02. The van der Waals surface area contributed by atoms with Crippen molar-refractivity contribution in [2.75, 3.05) is 24.2 Å². The van der Waals surface area contributed by atoms with Crippen LogP contribution in [-0.2, 0) is 0 Å². The number of nitrogen functional groups attached to an aromatic ring is 1. The Bertz CT molecular complexity index is 339. The number of aliphatic hydroxyl groups is 1. The van der Waals surface area contributed by atoms with Gasteiger partial charge in [0.15, 0.2) is 0 Å². The van der Waals surface area contributed by atoms with E-state index in [-0.39, 0.29) is 18.7 Å². The molecule has 0 saturated carbocycles. The zero-order valence-electron chi connectivity index (χ0n) is 7.49. The summed E-state index contributed by atoms with van der Waals surface area (Å²) in [6.07, 6.45) is 0. The highest BCUT2D eigenvalue weighted by Gasteiger charge is 2.05. The van der Waals surface area contributed by atoms with Crippen LogP contribution in [-0.4, -0.2) is 24.2 Å². The number of aromatic carboxylic acids is 1. The lowest BCUT2D eigenvalue weighted by atomic mass is 10.1. The van der Waals surface area contributed by atoms with E-state index in [1.165, 1.54) is 12.1 Å². The number of anilines is 2. The maximum atomic E-state index is 10.7. The molecule has 0 aromatic heterocycles. The number of carbonyl (C=O) groups is 1. The smallest absolute Gasteiger partial charge is 0.0736 e. The molecule has 5 heteroatoms. The standard InChI is InChI=1S/C9H12N2O3/c10-7-3-1-2-6(9(13)14)8(7)11-4-5-12/h1-3,11-12H,4-5,10H2,(H,13,14)/p-1. The normalized spacial score (nSPS) is 9.79. The Kier molecular flexibility index (Phi) is 3.30. The molecule has 14 heavy (non-hydrogen) atoms. The summed E-state index contributed by atoms with van der Waals surface area (Å²) in [4.78, 5) is 10.7. The van der Waals surface area contributed by atoms with Gasteiger partial charge in [0.1, 0.15) is 0 Å². The summed E-state index contributed by atoms with van der Waals surface area (Å²) in [7, 11) is 0. The summed E-state index contributed by atoms with van der Waals surface area (Å²) < 4.78 is 0. The highest BCUT2D eigenvalue weighted by atomic mass is 16.4. The van der Waals surface area contributed by atoms with Crippen molar-refractivity contribution in [1.29, 1.82) is 0 Å². The maximum Gasteiger partial charge on any atom is 0.0736 e. The van der Waals surface area contributed by atoms with Crippen molar-refractivity contribution in [2.45, 2.75) is 0 Å². The van der Waals surface area contributed by atoms with Crippen LogP contribution in [0.15, 0.2) is 18.2 Å². The molecule has 0 spiro atoms. The molecule has 0 amide bonds. The van der Waals surface area contributed by atoms with Crippen LogP contribution in [0.25, 0.3) is 0 Å². The Morgan fingerprint density at radius 1 is 1.57 bits per heavy atom.